The molecule has 1 aliphatic rings. The van der Waals surface area contributed by atoms with Crippen LogP contribution in [0.5, 0.6) is 0 Å². The minimum atomic E-state index is 1.26. The summed E-state index contributed by atoms with van der Waals surface area (Å²) < 4.78 is 2.71. The maximum atomic E-state index is 2.37. The molecule has 0 atom stereocenters. The molecule has 0 saturated heterocycles. The van der Waals surface area contributed by atoms with Gasteiger partial charge >= 0.3 is 0 Å². The van der Waals surface area contributed by atoms with Gasteiger partial charge in [0.15, 0.2) is 0 Å². The number of thiophene rings is 1. The first-order chi connectivity index (χ1) is 17.8. The van der Waals surface area contributed by atoms with Crippen LogP contribution in [0, 0.1) is 0 Å². The third kappa shape index (κ3) is 2.95. The summed E-state index contributed by atoms with van der Waals surface area (Å²) in [6.45, 7) is 0. The second-order valence-corrected chi connectivity index (χ2v) is 11.4. The van der Waals surface area contributed by atoms with Gasteiger partial charge in [0.1, 0.15) is 0 Å². The van der Waals surface area contributed by atoms with E-state index in [-0.39, 0.29) is 0 Å². The van der Waals surface area contributed by atoms with Crippen LogP contribution in [0.4, 0.5) is 0 Å². The quantitative estimate of drug-likeness (QED) is 0.231. The second kappa shape index (κ2) is 7.83. The Morgan fingerprint density at radius 3 is 2.06 bits per heavy atom. The lowest BCUT2D eigenvalue weighted by Gasteiger charge is -2.21. The van der Waals surface area contributed by atoms with Crippen LogP contribution in [0.25, 0.3) is 64.3 Å². The van der Waals surface area contributed by atoms with E-state index in [2.05, 4.69) is 121 Å². The van der Waals surface area contributed by atoms with Gasteiger partial charge in [-0.05, 0) is 63.0 Å². The molecule has 0 saturated carbocycles. The molecule has 0 spiro atoms. The Balaban J connectivity index is 1.33. The number of hydrogen-bond acceptors (Lipinski definition) is 2. The maximum absolute atomic E-state index is 2.37. The van der Waals surface area contributed by atoms with E-state index in [1.807, 2.05) is 23.1 Å². The molecule has 1 aromatic heterocycles. The van der Waals surface area contributed by atoms with Gasteiger partial charge in [-0.2, -0.15) is 0 Å². The van der Waals surface area contributed by atoms with Crippen molar-refractivity contribution in [2.75, 3.05) is 0 Å². The van der Waals surface area contributed by atoms with Gasteiger partial charge in [-0.25, -0.2) is 0 Å². The molecular formula is C34H20S2. The molecule has 0 N–H and O–H groups in total. The summed E-state index contributed by atoms with van der Waals surface area (Å²) in [4.78, 5) is 2.68. The van der Waals surface area contributed by atoms with Crippen LogP contribution in [-0.2, 0) is 0 Å². The average Bonchev–Trinajstić information content (AvgIpc) is 3.32. The van der Waals surface area contributed by atoms with Gasteiger partial charge < -0.3 is 0 Å². The molecule has 0 unspecified atom stereocenters. The lowest BCUT2D eigenvalue weighted by molar-refractivity contribution is 1.40. The predicted molar refractivity (Wildman–Crippen MR) is 157 cm³/mol. The Bertz CT molecular complexity index is 1980. The lowest BCUT2D eigenvalue weighted by Crippen LogP contribution is -1.94. The highest BCUT2D eigenvalue weighted by Crippen LogP contribution is 2.49. The van der Waals surface area contributed by atoms with E-state index in [4.69, 9.17) is 0 Å². The van der Waals surface area contributed by atoms with Crippen LogP contribution in [0.2, 0.25) is 0 Å². The van der Waals surface area contributed by atoms with Crippen LogP contribution < -0.4 is 0 Å². The summed E-state index contributed by atoms with van der Waals surface area (Å²) >= 11 is 3.78. The van der Waals surface area contributed by atoms with Gasteiger partial charge in [-0.3, -0.25) is 0 Å². The third-order valence-corrected chi connectivity index (χ3v) is 9.64. The van der Waals surface area contributed by atoms with E-state index in [9.17, 15) is 0 Å². The number of rotatable bonds is 2. The topological polar surface area (TPSA) is 0 Å². The van der Waals surface area contributed by atoms with Crippen molar-refractivity contribution >= 4 is 54.0 Å². The molecule has 0 radical (unpaired) electrons. The van der Waals surface area contributed by atoms with Crippen molar-refractivity contribution in [3.8, 4) is 33.4 Å². The fourth-order valence-corrected chi connectivity index (χ4v) is 8.03. The van der Waals surface area contributed by atoms with Crippen molar-refractivity contribution in [3.05, 3.63) is 121 Å². The van der Waals surface area contributed by atoms with Crippen molar-refractivity contribution in [2.24, 2.45) is 0 Å². The van der Waals surface area contributed by atoms with Crippen molar-refractivity contribution < 1.29 is 0 Å². The summed E-state index contributed by atoms with van der Waals surface area (Å²) in [7, 11) is 0. The molecule has 168 valence electrons. The van der Waals surface area contributed by atoms with Gasteiger partial charge in [0, 0.05) is 35.3 Å². The average molecular weight is 493 g/mol. The molecule has 2 heterocycles. The first kappa shape index (κ1) is 20.4. The smallest absolute Gasteiger partial charge is 0.0433 e. The highest BCUT2D eigenvalue weighted by atomic mass is 32.2. The molecule has 0 amide bonds. The Labute approximate surface area is 217 Å². The zero-order valence-electron chi connectivity index (χ0n) is 19.4. The van der Waals surface area contributed by atoms with Crippen molar-refractivity contribution in [3.63, 3.8) is 0 Å². The van der Waals surface area contributed by atoms with E-state index >= 15 is 0 Å². The predicted octanol–water partition coefficient (Wildman–Crippen LogP) is 10.7. The fraction of sp³-hybridized carbons (Fsp3) is 0. The van der Waals surface area contributed by atoms with Crippen molar-refractivity contribution in [1.29, 1.82) is 0 Å². The van der Waals surface area contributed by atoms with Crippen LogP contribution in [-0.4, -0.2) is 0 Å². The molecule has 1 aliphatic heterocycles. The van der Waals surface area contributed by atoms with Gasteiger partial charge in [-0.1, -0.05) is 109 Å². The minimum absolute atomic E-state index is 1.26. The summed E-state index contributed by atoms with van der Waals surface area (Å²) in [5.41, 5.74) is 7.81. The van der Waals surface area contributed by atoms with Crippen LogP contribution in [0.1, 0.15) is 0 Å². The van der Waals surface area contributed by atoms with Crippen LogP contribution >= 0.6 is 23.1 Å². The van der Waals surface area contributed by atoms with Crippen molar-refractivity contribution in [1.82, 2.24) is 0 Å². The van der Waals surface area contributed by atoms with Crippen molar-refractivity contribution in [2.45, 2.75) is 9.79 Å². The Kier molecular flexibility index (Phi) is 4.42. The minimum Gasteiger partial charge on any atom is -0.135 e. The number of hydrogen-bond donors (Lipinski definition) is 0. The zero-order valence-corrected chi connectivity index (χ0v) is 21.0. The van der Waals surface area contributed by atoms with Crippen LogP contribution in [0.15, 0.2) is 131 Å². The fourth-order valence-electron chi connectivity index (χ4n) is 5.66. The molecule has 6 aromatic carbocycles. The largest absolute Gasteiger partial charge is 0.135 e. The maximum Gasteiger partial charge on any atom is 0.0433 e. The van der Waals surface area contributed by atoms with Gasteiger partial charge in [-0.15, -0.1) is 11.3 Å². The highest BCUT2D eigenvalue weighted by molar-refractivity contribution is 7.99. The number of benzene rings is 6. The normalized spacial score (nSPS) is 12.3. The lowest BCUT2D eigenvalue weighted by atomic mass is 9.91. The Hall–Kier alpha value is -3.85. The molecule has 2 heteroatoms. The first-order valence-corrected chi connectivity index (χ1v) is 13.8. The Morgan fingerprint density at radius 1 is 0.417 bits per heavy atom. The number of fused-ring (bicyclic) bond motifs is 5. The van der Waals surface area contributed by atoms with E-state index in [0.29, 0.717) is 0 Å². The molecular weight excluding hydrogens is 473 g/mol. The van der Waals surface area contributed by atoms with E-state index in [1.165, 1.54) is 74.1 Å². The molecule has 36 heavy (non-hydrogen) atoms. The molecule has 0 bridgehead atoms. The first-order valence-electron chi connectivity index (χ1n) is 12.2. The molecule has 0 nitrogen and oxygen atoms in total. The molecule has 7 aromatic rings. The van der Waals surface area contributed by atoms with E-state index in [0.717, 1.165) is 0 Å². The summed E-state index contributed by atoms with van der Waals surface area (Å²) in [5, 5.41) is 5.38. The highest BCUT2D eigenvalue weighted by Gasteiger charge is 2.20. The monoisotopic (exact) mass is 492 g/mol. The van der Waals surface area contributed by atoms with E-state index < -0.39 is 0 Å². The standard InChI is InChI=1S/C34H20S2/c1-3-16-30-25(10-1)28-14-7-13-27-23(18-19-32(35-30)33(27)28)21-8-5-9-22(20-21)24-12-6-15-29-26-11-2-4-17-31(26)36-34(24)29/h1-20H. The van der Waals surface area contributed by atoms with E-state index in [1.54, 1.807) is 0 Å². The third-order valence-electron chi connectivity index (χ3n) is 7.29. The van der Waals surface area contributed by atoms with Gasteiger partial charge in [0.05, 0.1) is 0 Å². The van der Waals surface area contributed by atoms with Gasteiger partial charge in [0.25, 0.3) is 0 Å². The molecule has 8 rings (SSSR count). The van der Waals surface area contributed by atoms with Crippen LogP contribution in [0.3, 0.4) is 0 Å². The summed E-state index contributed by atoms with van der Waals surface area (Å²) in [5.74, 6) is 0. The SMILES string of the molecule is c1cc(-c2ccc3c4c(cccc24)-c2ccccc2S3)cc(-c2cccc3c2sc2ccccc23)c1. The summed E-state index contributed by atoms with van der Waals surface area (Å²) in [6.07, 6.45) is 0. The molecule has 0 aliphatic carbocycles. The van der Waals surface area contributed by atoms with Gasteiger partial charge in [0.2, 0.25) is 0 Å². The zero-order chi connectivity index (χ0) is 23.6. The Morgan fingerprint density at radius 2 is 1.11 bits per heavy atom. The molecule has 0 fully saturated rings. The summed E-state index contributed by atoms with van der Waals surface area (Å²) in [6, 6.07) is 44.7. The second-order valence-electron chi connectivity index (χ2n) is 9.30.